The number of hydrazine groups is 1. The van der Waals surface area contributed by atoms with Gasteiger partial charge in [0.15, 0.2) is 17.3 Å². The van der Waals surface area contributed by atoms with E-state index in [4.69, 9.17) is 25.8 Å². The maximum absolute atomic E-state index is 13.7. The van der Waals surface area contributed by atoms with Gasteiger partial charge in [-0.1, -0.05) is 37.6 Å². The van der Waals surface area contributed by atoms with Crippen molar-refractivity contribution in [1.29, 1.82) is 0 Å². The number of allylic oxidation sites excluding steroid dienone is 2. The maximum atomic E-state index is 13.7. The molecule has 2 heterocycles. The highest BCUT2D eigenvalue weighted by Gasteiger charge is 2.52. The average Bonchev–Trinajstić information content (AvgIpc) is 3.25. The summed E-state index contributed by atoms with van der Waals surface area (Å²) in [6, 6.07) is 11.6. The van der Waals surface area contributed by atoms with Gasteiger partial charge >= 0.3 is 0 Å². The molecule has 4 atom stereocenters. The highest BCUT2D eigenvalue weighted by Crippen LogP contribution is 2.54. The van der Waals surface area contributed by atoms with Crippen LogP contribution in [0.4, 0.5) is 0 Å². The molecule has 4 unspecified atom stereocenters. The fourth-order valence-electron chi connectivity index (χ4n) is 5.92. The Labute approximate surface area is 211 Å². The van der Waals surface area contributed by atoms with E-state index >= 15 is 0 Å². The summed E-state index contributed by atoms with van der Waals surface area (Å²) in [5.41, 5.74) is 10.7. The number of methoxy groups -OCH3 is 3. The fourth-order valence-corrected chi connectivity index (χ4v) is 6.05. The van der Waals surface area contributed by atoms with Crippen LogP contribution in [-0.2, 0) is 4.79 Å². The third kappa shape index (κ3) is 4.15. The second kappa shape index (κ2) is 9.04. The number of ether oxygens (including phenoxy) is 3. The Hall–Kier alpha value is -2.74. The lowest BCUT2D eigenvalue weighted by Crippen LogP contribution is -2.51. The van der Waals surface area contributed by atoms with E-state index in [0.717, 1.165) is 28.8 Å². The predicted molar refractivity (Wildman–Crippen MR) is 135 cm³/mol. The first-order chi connectivity index (χ1) is 16.8. The molecule has 1 aliphatic carbocycles. The van der Waals surface area contributed by atoms with E-state index in [2.05, 4.69) is 30.0 Å². The van der Waals surface area contributed by atoms with E-state index in [0.29, 0.717) is 28.7 Å². The van der Waals surface area contributed by atoms with Gasteiger partial charge in [0, 0.05) is 46.2 Å². The minimum absolute atomic E-state index is 0.0212. The number of nitrogens with one attached hydrogen (secondary N) is 3. The number of ketones is 1. The second-order valence-electron chi connectivity index (χ2n) is 10.3. The van der Waals surface area contributed by atoms with Gasteiger partial charge in [-0.2, -0.15) is 0 Å². The molecule has 3 aliphatic rings. The molecule has 7 nitrogen and oxygen atoms in total. The average molecular weight is 498 g/mol. The van der Waals surface area contributed by atoms with Crippen LogP contribution in [0.25, 0.3) is 0 Å². The molecule has 0 bridgehead atoms. The van der Waals surface area contributed by atoms with Crippen LogP contribution in [0.2, 0.25) is 5.02 Å². The van der Waals surface area contributed by atoms with Crippen LogP contribution in [0.3, 0.4) is 0 Å². The summed E-state index contributed by atoms with van der Waals surface area (Å²) < 4.78 is 17.0. The molecule has 0 saturated carbocycles. The normalized spacial score (nSPS) is 27.1. The molecule has 1 saturated heterocycles. The number of fused-ring (bicyclic) bond motifs is 1. The smallest absolute Gasteiger partial charge is 0.164 e. The Morgan fingerprint density at radius 1 is 0.914 bits per heavy atom. The van der Waals surface area contributed by atoms with Crippen LogP contribution in [-0.4, -0.2) is 33.3 Å². The number of hydrogen-bond acceptors (Lipinski definition) is 7. The van der Waals surface area contributed by atoms with Gasteiger partial charge in [-0.3, -0.25) is 4.79 Å². The molecule has 5 rings (SSSR count). The SMILES string of the molecule is COc1cc(OC)c(C2C3=C(CC(C)(C)CC3=O)NC3NNC(c4ccc(Cl)cc4)C32)cc1OC. The monoisotopic (exact) mass is 497 g/mol. The van der Waals surface area contributed by atoms with Crippen LogP contribution in [0.15, 0.2) is 47.7 Å². The van der Waals surface area contributed by atoms with Gasteiger partial charge in [-0.25, -0.2) is 10.9 Å². The Bertz CT molecular complexity index is 1180. The van der Waals surface area contributed by atoms with E-state index in [1.807, 2.05) is 36.4 Å². The molecule has 8 heteroatoms. The third-order valence-corrected chi connectivity index (χ3v) is 7.66. The summed E-state index contributed by atoms with van der Waals surface area (Å²) in [4.78, 5) is 13.7. The van der Waals surface area contributed by atoms with E-state index in [1.165, 1.54) is 0 Å². The molecule has 2 aromatic rings. The number of carbonyl (C=O) groups excluding carboxylic acids is 1. The molecular formula is C27H32ClN3O4. The molecule has 0 aromatic heterocycles. The molecule has 1 fully saturated rings. The van der Waals surface area contributed by atoms with Gasteiger partial charge < -0.3 is 19.5 Å². The first kappa shape index (κ1) is 24.0. The van der Waals surface area contributed by atoms with Gasteiger partial charge in [-0.15, -0.1) is 0 Å². The standard InChI is InChI=1S/C27H32ClN3O4/c1-27(2)12-17-23(18(32)13-27)22(16-10-20(34-4)21(35-5)11-19(16)33-3)24-25(30-31-26(24)29-17)14-6-8-15(28)9-7-14/h6-11,22,24-26,29-31H,12-13H2,1-5H3. The van der Waals surface area contributed by atoms with Crippen molar-refractivity contribution in [3.05, 3.63) is 63.8 Å². The lowest BCUT2D eigenvalue weighted by Gasteiger charge is -2.44. The van der Waals surface area contributed by atoms with Crippen LogP contribution >= 0.6 is 11.6 Å². The van der Waals surface area contributed by atoms with Gasteiger partial charge in [0.2, 0.25) is 0 Å². The highest BCUT2D eigenvalue weighted by atomic mass is 35.5. The minimum atomic E-state index is -0.224. The van der Waals surface area contributed by atoms with Crippen LogP contribution in [0.5, 0.6) is 17.2 Å². The molecule has 0 spiro atoms. The van der Waals surface area contributed by atoms with E-state index in [-0.39, 0.29) is 35.2 Å². The van der Waals surface area contributed by atoms with E-state index in [9.17, 15) is 4.79 Å². The first-order valence-corrected chi connectivity index (χ1v) is 12.2. The topological polar surface area (TPSA) is 80.9 Å². The van der Waals surface area contributed by atoms with Crippen molar-refractivity contribution in [2.24, 2.45) is 11.3 Å². The Morgan fingerprint density at radius 3 is 2.23 bits per heavy atom. The number of carbonyl (C=O) groups is 1. The van der Waals surface area contributed by atoms with Gasteiger partial charge in [0.1, 0.15) is 5.75 Å². The third-order valence-electron chi connectivity index (χ3n) is 7.41. The Kier molecular flexibility index (Phi) is 6.20. The van der Waals surface area contributed by atoms with Crippen LogP contribution in [0, 0.1) is 11.3 Å². The number of hydrogen-bond donors (Lipinski definition) is 3. The second-order valence-corrected chi connectivity index (χ2v) is 10.7. The Morgan fingerprint density at radius 2 is 1.57 bits per heavy atom. The zero-order chi connectivity index (χ0) is 24.9. The van der Waals surface area contributed by atoms with Gasteiger partial charge in [0.05, 0.1) is 33.5 Å². The number of halogens is 1. The summed E-state index contributed by atoms with van der Waals surface area (Å²) in [5, 5.41) is 4.35. The van der Waals surface area contributed by atoms with Crippen molar-refractivity contribution in [1.82, 2.24) is 16.2 Å². The van der Waals surface area contributed by atoms with Gasteiger partial charge in [0.25, 0.3) is 0 Å². The Balaban J connectivity index is 1.71. The summed E-state index contributed by atoms with van der Waals surface area (Å²) in [5.74, 6) is 1.78. The quantitative estimate of drug-likeness (QED) is 0.561. The zero-order valence-electron chi connectivity index (χ0n) is 20.7. The lowest BCUT2D eigenvalue weighted by molar-refractivity contribution is -0.118. The fraction of sp³-hybridized carbons (Fsp3) is 0.444. The zero-order valence-corrected chi connectivity index (χ0v) is 21.5. The van der Waals surface area contributed by atoms with Gasteiger partial charge in [-0.05, 0) is 35.6 Å². The number of rotatable bonds is 5. The summed E-state index contributed by atoms with van der Waals surface area (Å²) in [6.07, 6.45) is 1.22. The van der Waals surface area contributed by atoms with E-state index < -0.39 is 0 Å². The molecule has 3 N–H and O–H groups in total. The first-order valence-electron chi connectivity index (χ1n) is 11.9. The van der Waals surface area contributed by atoms with Crippen molar-refractivity contribution < 1.29 is 19.0 Å². The van der Waals surface area contributed by atoms with Crippen molar-refractivity contribution in [2.45, 2.75) is 44.8 Å². The molecular weight excluding hydrogens is 466 g/mol. The molecule has 2 aliphatic heterocycles. The van der Waals surface area contributed by atoms with Crippen LogP contribution in [0.1, 0.15) is 49.8 Å². The van der Waals surface area contributed by atoms with Crippen molar-refractivity contribution in [3.8, 4) is 17.2 Å². The van der Waals surface area contributed by atoms with Crippen LogP contribution < -0.4 is 30.4 Å². The predicted octanol–water partition coefficient (Wildman–Crippen LogP) is 4.49. The molecule has 0 amide bonds. The molecule has 35 heavy (non-hydrogen) atoms. The highest BCUT2D eigenvalue weighted by molar-refractivity contribution is 6.30. The molecule has 186 valence electrons. The molecule has 0 radical (unpaired) electrons. The number of benzene rings is 2. The summed E-state index contributed by atoms with van der Waals surface area (Å²) in [7, 11) is 4.87. The van der Waals surface area contributed by atoms with Crippen molar-refractivity contribution >= 4 is 17.4 Å². The summed E-state index contributed by atoms with van der Waals surface area (Å²) in [6.45, 7) is 4.29. The minimum Gasteiger partial charge on any atom is -0.496 e. The number of Topliss-reactive ketones (excluding diaryl/α,β-unsaturated/α-hetero) is 1. The maximum Gasteiger partial charge on any atom is 0.164 e. The lowest BCUT2D eigenvalue weighted by atomic mass is 9.64. The van der Waals surface area contributed by atoms with Crippen molar-refractivity contribution in [2.75, 3.05) is 21.3 Å². The molecule has 2 aromatic carbocycles. The summed E-state index contributed by atoms with van der Waals surface area (Å²) >= 11 is 6.18. The van der Waals surface area contributed by atoms with Crippen molar-refractivity contribution in [3.63, 3.8) is 0 Å². The van der Waals surface area contributed by atoms with E-state index in [1.54, 1.807) is 21.3 Å². The largest absolute Gasteiger partial charge is 0.496 e.